The Labute approximate surface area is 81.8 Å². The predicted molar refractivity (Wildman–Crippen MR) is 59.1 cm³/mol. The highest BCUT2D eigenvalue weighted by molar-refractivity contribution is 9.11. The zero-order valence-electron chi connectivity index (χ0n) is 7.15. The van der Waals surface area contributed by atoms with Crippen LogP contribution in [0.1, 0.15) is 4.88 Å². The minimum Gasteiger partial charge on any atom is -0.134 e. The fraction of sp³-hybridized carbons (Fsp3) is 0.500. The molecule has 0 fully saturated rings. The van der Waals surface area contributed by atoms with E-state index in [0.29, 0.717) is 0 Å². The molecule has 0 amide bonds. The van der Waals surface area contributed by atoms with E-state index in [4.69, 9.17) is 0 Å². The molecular formula is C8H13BrSSi. The third-order valence-corrected chi connectivity index (χ3v) is 4.65. The highest BCUT2D eigenvalue weighted by Gasteiger charge is 2.14. The summed E-state index contributed by atoms with van der Waals surface area (Å²) in [5.74, 6) is 0. The van der Waals surface area contributed by atoms with E-state index in [1.54, 1.807) is 0 Å². The topological polar surface area (TPSA) is 0 Å². The molecule has 3 heteroatoms. The van der Waals surface area contributed by atoms with E-state index in [9.17, 15) is 0 Å². The van der Waals surface area contributed by atoms with E-state index in [2.05, 4.69) is 47.7 Å². The van der Waals surface area contributed by atoms with E-state index in [0.717, 1.165) is 0 Å². The van der Waals surface area contributed by atoms with Crippen LogP contribution in [0.5, 0.6) is 0 Å². The summed E-state index contributed by atoms with van der Waals surface area (Å²) in [5.41, 5.74) is 0. The number of hydrogen-bond acceptors (Lipinski definition) is 1. The lowest BCUT2D eigenvalue weighted by Crippen LogP contribution is -2.23. The van der Waals surface area contributed by atoms with Gasteiger partial charge in [-0.05, 0) is 34.1 Å². The summed E-state index contributed by atoms with van der Waals surface area (Å²) in [6.45, 7) is 7.21. The van der Waals surface area contributed by atoms with Crippen molar-refractivity contribution in [2.75, 3.05) is 0 Å². The molecule has 0 radical (unpaired) electrons. The summed E-state index contributed by atoms with van der Waals surface area (Å²) in [4.78, 5) is 1.52. The molecule has 0 saturated heterocycles. The Morgan fingerprint density at radius 3 is 2.36 bits per heavy atom. The Morgan fingerprint density at radius 2 is 2.00 bits per heavy atom. The average Bonchev–Trinajstić information content (AvgIpc) is 2.10. The van der Waals surface area contributed by atoms with Crippen LogP contribution in [-0.4, -0.2) is 8.07 Å². The third kappa shape index (κ3) is 3.54. The Balaban J connectivity index is 2.65. The van der Waals surface area contributed by atoms with E-state index in [-0.39, 0.29) is 0 Å². The summed E-state index contributed by atoms with van der Waals surface area (Å²) in [6.07, 6.45) is 0. The average molecular weight is 249 g/mol. The van der Waals surface area contributed by atoms with Gasteiger partial charge in [-0.15, -0.1) is 11.3 Å². The summed E-state index contributed by atoms with van der Waals surface area (Å²) in [5, 5.41) is 0. The number of thiophene rings is 1. The van der Waals surface area contributed by atoms with E-state index in [1.807, 2.05) is 11.3 Å². The molecule has 0 atom stereocenters. The van der Waals surface area contributed by atoms with Crippen molar-refractivity contribution in [3.8, 4) is 0 Å². The smallest absolute Gasteiger partial charge is 0.0701 e. The van der Waals surface area contributed by atoms with Gasteiger partial charge in [-0.3, -0.25) is 0 Å². The van der Waals surface area contributed by atoms with E-state index >= 15 is 0 Å². The quantitative estimate of drug-likeness (QED) is 0.697. The first-order chi connectivity index (χ1) is 4.97. The predicted octanol–water partition coefficient (Wildman–Crippen LogP) is 3.93. The molecule has 62 valence electrons. The van der Waals surface area contributed by atoms with Crippen molar-refractivity contribution < 1.29 is 0 Å². The highest BCUT2D eigenvalue weighted by Crippen LogP contribution is 2.24. The molecule has 0 bridgehead atoms. The molecule has 1 heterocycles. The van der Waals surface area contributed by atoms with E-state index < -0.39 is 8.07 Å². The van der Waals surface area contributed by atoms with Crippen molar-refractivity contribution in [2.45, 2.75) is 25.7 Å². The molecular weight excluding hydrogens is 236 g/mol. The van der Waals surface area contributed by atoms with Crippen molar-refractivity contribution in [1.82, 2.24) is 0 Å². The number of halogens is 1. The van der Waals surface area contributed by atoms with E-state index in [1.165, 1.54) is 14.7 Å². The molecule has 0 saturated carbocycles. The fourth-order valence-electron chi connectivity index (χ4n) is 0.969. The second-order valence-electron chi connectivity index (χ2n) is 3.94. The first kappa shape index (κ1) is 9.48. The number of hydrogen-bond donors (Lipinski definition) is 0. The van der Waals surface area contributed by atoms with Gasteiger partial charge < -0.3 is 0 Å². The molecule has 0 aliphatic heterocycles. The van der Waals surface area contributed by atoms with Crippen LogP contribution in [0.4, 0.5) is 0 Å². The third-order valence-electron chi connectivity index (χ3n) is 1.33. The Bertz CT molecular complexity index is 236. The van der Waals surface area contributed by atoms with Crippen LogP contribution in [0.15, 0.2) is 15.9 Å². The Kier molecular flexibility index (Phi) is 2.94. The first-order valence-electron chi connectivity index (χ1n) is 3.72. The summed E-state index contributed by atoms with van der Waals surface area (Å²) < 4.78 is 1.26. The molecule has 0 nitrogen and oxygen atoms in total. The second-order valence-corrected chi connectivity index (χ2v) is 12.0. The van der Waals surface area contributed by atoms with Crippen LogP contribution >= 0.6 is 27.3 Å². The lowest BCUT2D eigenvalue weighted by atomic mass is 10.5. The van der Waals surface area contributed by atoms with Gasteiger partial charge in [0, 0.05) is 13.0 Å². The maximum absolute atomic E-state index is 3.47. The second kappa shape index (κ2) is 3.41. The van der Waals surface area contributed by atoms with Gasteiger partial charge in [0.2, 0.25) is 0 Å². The lowest BCUT2D eigenvalue weighted by Gasteiger charge is -2.13. The van der Waals surface area contributed by atoms with Gasteiger partial charge in [-0.25, -0.2) is 0 Å². The zero-order valence-corrected chi connectivity index (χ0v) is 10.6. The molecule has 0 aliphatic rings. The summed E-state index contributed by atoms with van der Waals surface area (Å²) in [6, 6.07) is 5.68. The molecule has 1 rings (SSSR count). The van der Waals surface area contributed by atoms with Crippen LogP contribution in [0, 0.1) is 0 Å². The molecule has 1 aromatic rings. The fourth-order valence-corrected chi connectivity index (χ4v) is 5.00. The molecule has 0 N–H and O–H groups in total. The molecule has 11 heavy (non-hydrogen) atoms. The summed E-state index contributed by atoms with van der Waals surface area (Å²) >= 11 is 5.34. The number of rotatable bonds is 2. The molecule has 0 unspecified atom stereocenters. The minimum absolute atomic E-state index is 0.895. The molecule has 1 aromatic heterocycles. The van der Waals surface area contributed by atoms with Crippen molar-refractivity contribution in [3.05, 3.63) is 20.8 Å². The van der Waals surface area contributed by atoms with Crippen molar-refractivity contribution >= 4 is 35.3 Å². The SMILES string of the molecule is C[Si](C)(C)Cc1ccc(Br)s1. The largest absolute Gasteiger partial charge is 0.134 e. The van der Waals surface area contributed by atoms with Crippen molar-refractivity contribution in [2.24, 2.45) is 0 Å². The Morgan fingerprint density at radius 1 is 1.36 bits per heavy atom. The monoisotopic (exact) mass is 248 g/mol. The highest BCUT2D eigenvalue weighted by atomic mass is 79.9. The van der Waals surface area contributed by atoms with Crippen molar-refractivity contribution in [3.63, 3.8) is 0 Å². The van der Waals surface area contributed by atoms with Crippen LogP contribution in [-0.2, 0) is 6.04 Å². The van der Waals surface area contributed by atoms with Gasteiger partial charge in [-0.2, -0.15) is 0 Å². The zero-order chi connectivity index (χ0) is 8.48. The van der Waals surface area contributed by atoms with Crippen molar-refractivity contribution in [1.29, 1.82) is 0 Å². The van der Waals surface area contributed by atoms with Crippen LogP contribution in [0.25, 0.3) is 0 Å². The van der Waals surface area contributed by atoms with Crippen LogP contribution in [0.3, 0.4) is 0 Å². The first-order valence-corrected chi connectivity index (χ1v) is 9.03. The van der Waals surface area contributed by atoms with Gasteiger partial charge in [0.05, 0.1) is 3.79 Å². The lowest BCUT2D eigenvalue weighted by molar-refractivity contribution is 1.38. The van der Waals surface area contributed by atoms with Crippen LogP contribution < -0.4 is 0 Å². The Hall–Kier alpha value is 0.397. The van der Waals surface area contributed by atoms with Crippen LogP contribution in [0.2, 0.25) is 19.6 Å². The standard InChI is InChI=1S/C8H13BrSSi/c1-11(2,3)6-7-4-5-8(9)10-7/h4-5H,6H2,1-3H3. The minimum atomic E-state index is -0.895. The van der Waals surface area contributed by atoms with Gasteiger partial charge in [0.1, 0.15) is 0 Å². The van der Waals surface area contributed by atoms with Gasteiger partial charge in [0.25, 0.3) is 0 Å². The summed E-state index contributed by atoms with van der Waals surface area (Å²) in [7, 11) is -0.895. The van der Waals surface area contributed by atoms with Gasteiger partial charge >= 0.3 is 0 Å². The molecule has 0 spiro atoms. The van der Waals surface area contributed by atoms with Gasteiger partial charge in [-0.1, -0.05) is 19.6 Å². The normalized spacial score (nSPS) is 12.0. The molecule has 0 aliphatic carbocycles. The maximum Gasteiger partial charge on any atom is 0.0701 e. The molecule has 0 aromatic carbocycles. The maximum atomic E-state index is 3.47. The van der Waals surface area contributed by atoms with Gasteiger partial charge in [0.15, 0.2) is 0 Å².